The second-order valence-electron chi connectivity index (χ2n) is 7.95. The molecule has 0 aliphatic rings. The molecule has 0 aliphatic carbocycles. The number of furan rings is 1. The molecule has 0 radical (unpaired) electrons. The molecular weight excluding hydrogens is 498 g/mol. The maximum atomic E-state index is 12.8. The van der Waals surface area contributed by atoms with E-state index in [2.05, 4.69) is 21.6 Å². The monoisotopic (exact) mass is 531 g/mol. The molecule has 1 unspecified atom stereocenters. The van der Waals surface area contributed by atoms with Gasteiger partial charge in [0.1, 0.15) is 11.5 Å². The Morgan fingerprint density at radius 1 is 1.38 bits per heavy atom. The highest BCUT2D eigenvalue weighted by Gasteiger charge is 2.30. The number of aryl methyl sites for hydroxylation is 2. The largest absolute Gasteiger partial charge is 0.572 e. The number of aromatic hydroxyl groups is 1. The Morgan fingerprint density at radius 2 is 2.00 bits per heavy atom. The topological polar surface area (TPSA) is 156 Å². The van der Waals surface area contributed by atoms with Crippen LogP contribution in [0.5, 0.6) is 5.75 Å². The molecule has 10 nitrogen and oxygen atoms in total. The number of anilines is 1. The van der Waals surface area contributed by atoms with Crippen molar-refractivity contribution >= 4 is 44.4 Å². The number of hydrogen-bond donors (Lipinski definition) is 4. The number of hydrogen-bond acceptors (Lipinski definition) is 9. The highest BCUT2D eigenvalue weighted by molar-refractivity contribution is 7.91. The van der Waals surface area contributed by atoms with E-state index in [1.165, 1.54) is 9.69 Å². The first-order valence-corrected chi connectivity index (χ1v) is 14.2. The number of rotatable bonds is 11. The van der Waals surface area contributed by atoms with Crippen LogP contribution in [0.1, 0.15) is 50.8 Å². The third kappa shape index (κ3) is 6.34. The summed E-state index contributed by atoms with van der Waals surface area (Å²) in [7, 11) is -3.87. The molecule has 34 heavy (non-hydrogen) atoms. The van der Waals surface area contributed by atoms with Crippen molar-refractivity contribution < 1.29 is 22.5 Å². The Hall–Kier alpha value is -2.03. The molecule has 0 aliphatic heterocycles. The van der Waals surface area contributed by atoms with Crippen molar-refractivity contribution in [3.8, 4) is 5.75 Å². The Kier molecular flexibility index (Phi) is 9.62. The minimum absolute atomic E-state index is 0.00799. The van der Waals surface area contributed by atoms with Crippen molar-refractivity contribution in [2.45, 2.75) is 51.8 Å². The molecule has 0 aromatic carbocycles. The van der Waals surface area contributed by atoms with Crippen LogP contribution in [0.15, 0.2) is 36.7 Å². The predicted octanol–water partition coefficient (Wildman–Crippen LogP) is 3.54. The minimum Gasteiger partial charge on any atom is -0.572 e. The molecule has 0 saturated carbocycles. The van der Waals surface area contributed by atoms with E-state index in [1.807, 2.05) is 33.8 Å². The van der Waals surface area contributed by atoms with E-state index < -0.39 is 27.3 Å². The van der Waals surface area contributed by atoms with Gasteiger partial charge in [-0.2, -0.15) is 4.31 Å². The van der Waals surface area contributed by atoms with Gasteiger partial charge in [-0.15, -0.1) is 16.5 Å². The van der Waals surface area contributed by atoms with Gasteiger partial charge in [0.15, 0.2) is 21.5 Å². The third-order valence-corrected chi connectivity index (χ3v) is 9.12. The van der Waals surface area contributed by atoms with Gasteiger partial charge in [0.05, 0.1) is 17.4 Å². The smallest absolute Gasteiger partial charge is 0.256 e. The summed E-state index contributed by atoms with van der Waals surface area (Å²) >= 11 is -1.22. The minimum atomic E-state index is -3.87. The third-order valence-electron chi connectivity index (χ3n) is 5.22. The number of nitrogens with two attached hydrogens (primary N) is 1. The first kappa shape index (κ1) is 28.2. The van der Waals surface area contributed by atoms with Crippen LogP contribution in [0.25, 0.3) is 0 Å². The highest BCUT2D eigenvalue weighted by atomic mass is 32.2. The number of thiophene rings is 1. The summed E-state index contributed by atoms with van der Waals surface area (Å²) < 4.78 is 48.2. The van der Waals surface area contributed by atoms with Crippen molar-refractivity contribution in [2.75, 3.05) is 18.4 Å². The molecule has 0 saturated heterocycles. The summed E-state index contributed by atoms with van der Waals surface area (Å²) in [5, 5.41) is 23.5. The average Bonchev–Trinajstić information content (AvgIpc) is 3.27. The zero-order valence-corrected chi connectivity index (χ0v) is 22.7. The standard InChI is InChI=1S/C21H33N5O5S3/c1-8-26(9-2)34(29,30)21-19(27)16(11-32-21)24-20(25-33(22)28)14(6)23-18(12(3)4)17-10-13(5)15(7)31-17/h10-12,18,23,27H,6,8-9,22H2,1-5,7H3,(H,24,25)/t18-,33?/m1/s1. The van der Waals surface area contributed by atoms with E-state index in [4.69, 9.17) is 9.56 Å². The SMILES string of the molecule is C=C(N[C@@H](c1cc(C)c(C)o1)C(C)C)/C(=N\[S+](N)[O-])Nc1csc(S(=O)(=O)N(CC)CC)c1O. The molecule has 0 bridgehead atoms. The van der Waals surface area contributed by atoms with Gasteiger partial charge in [-0.05, 0) is 35.8 Å². The van der Waals surface area contributed by atoms with Crippen LogP contribution in [0, 0.1) is 19.8 Å². The van der Waals surface area contributed by atoms with E-state index >= 15 is 0 Å². The molecule has 2 aromatic heterocycles. The zero-order chi connectivity index (χ0) is 25.8. The zero-order valence-electron chi connectivity index (χ0n) is 20.2. The summed E-state index contributed by atoms with van der Waals surface area (Å²) in [4.78, 5) is 0. The molecule has 2 aromatic rings. The van der Waals surface area contributed by atoms with Gasteiger partial charge < -0.3 is 24.7 Å². The quantitative estimate of drug-likeness (QED) is 0.195. The molecule has 2 atom stereocenters. The van der Waals surface area contributed by atoms with Crippen LogP contribution in [-0.2, 0) is 21.6 Å². The van der Waals surface area contributed by atoms with E-state index in [-0.39, 0.29) is 46.5 Å². The molecule has 0 spiro atoms. The van der Waals surface area contributed by atoms with Gasteiger partial charge in [0, 0.05) is 18.5 Å². The maximum absolute atomic E-state index is 12.8. The lowest BCUT2D eigenvalue weighted by molar-refractivity contribution is 0.357. The number of amidine groups is 1. The van der Waals surface area contributed by atoms with Gasteiger partial charge in [-0.3, -0.25) is 0 Å². The molecular formula is C21H33N5O5S3. The lowest BCUT2D eigenvalue weighted by atomic mass is 10.0. The molecule has 13 heteroatoms. The molecule has 2 heterocycles. The van der Waals surface area contributed by atoms with Crippen LogP contribution in [-0.4, -0.2) is 41.3 Å². The Morgan fingerprint density at radius 3 is 2.47 bits per heavy atom. The average molecular weight is 532 g/mol. The summed E-state index contributed by atoms with van der Waals surface area (Å²) in [6.07, 6.45) is 0. The summed E-state index contributed by atoms with van der Waals surface area (Å²) in [6, 6.07) is 1.65. The van der Waals surface area contributed by atoms with Gasteiger partial charge in [-0.1, -0.05) is 34.3 Å². The van der Waals surface area contributed by atoms with E-state index in [0.717, 1.165) is 22.7 Å². The lowest BCUT2D eigenvalue weighted by Gasteiger charge is -2.23. The van der Waals surface area contributed by atoms with Crippen LogP contribution in [0.3, 0.4) is 0 Å². The fourth-order valence-electron chi connectivity index (χ4n) is 3.23. The van der Waals surface area contributed by atoms with Crippen molar-refractivity contribution in [1.82, 2.24) is 9.62 Å². The number of sulfonamides is 1. The molecule has 0 fully saturated rings. The summed E-state index contributed by atoms with van der Waals surface area (Å²) in [6.45, 7) is 15.8. The van der Waals surface area contributed by atoms with Crippen molar-refractivity contribution in [2.24, 2.45) is 15.5 Å². The highest BCUT2D eigenvalue weighted by Crippen LogP contribution is 2.39. The van der Waals surface area contributed by atoms with Gasteiger partial charge in [0.2, 0.25) is 5.84 Å². The van der Waals surface area contributed by atoms with Gasteiger partial charge in [-0.25, -0.2) is 8.42 Å². The first-order valence-electron chi connectivity index (χ1n) is 10.7. The van der Waals surface area contributed by atoms with Crippen LogP contribution >= 0.6 is 11.3 Å². The summed E-state index contributed by atoms with van der Waals surface area (Å²) in [5.74, 6) is 1.12. The van der Waals surface area contributed by atoms with Crippen LogP contribution in [0.2, 0.25) is 0 Å². The fourth-order valence-corrected chi connectivity index (χ4v) is 6.40. The lowest BCUT2D eigenvalue weighted by Crippen LogP contribution is -2.32. The van der Waals surface area contributed by atoms with Crippen molar-refractivity contribution in [3.05, 3.63) is 40.8 Å². The van der Waals surface area contributed by atoms with Gasteiger partial charge >= 0.3 is 0 Å². The second kappa shape index (κ2) is 11.6. The van der Waals surface area contributed by atoms with Gasteiger partial charge in [0.25, 0.3) is 10.0 Å². The maximum Gasteiger partial charge on any atom is 0.256 e. The normalized spacial score (nSPS) is 14.5. The second-order valence-corrected chi connectivity index (χ2v) is 11.7. The Labute approximate surface area is 208 Å². The number of nitrogens with zero attached hydrogens (tertiary/aromatic N) is 2. The molecule has 0 amide bonds. The Balaban J connectivity index is 2.36. The van der Waals surface area contributed by atoms with Crippen LogP contribution in [0.4, 0.5) is 5.69 Å². The summed E-state index contributed by atoms with van der Waals surface area (Å²) in [5.41, 5.74) is 1.32. The molecule has 5 N–H and O–H groups in total. The first-order chi connectivity index (χ1) is 15.8. The predicted molar refractivity (Wildman–Crippen MR) is 138 cm³/mol. The number of nitrogens with one attached hydrogen (secondary N) is 2. The van der Waals surface area contributed by atoms with Crippen molar-refractivity contribution in [3.63, 3.8) is 0 Å². The Bertz CT molecular complexity index is 1110. The molecule has 190 valence electrons. The van der Waals surface area contributed by atoms with Crippen molar-refractivity contribution in [1.29, 1.82) is 0 Å². The van der Waals surface area contributed by atoms with E-state index in [9.17, 15) is 18.1 Å². The van der Waals surface area contributed by atoms with E-state index in [0.29, 0.717) is 5.76 Å². The van der Waals surface area contributed by atoms with E-state index in [1.54, 1.807) is 13.8 Å². The fraction of sp³-hybridized carbons (Fsp3) is 0.476. The van der Waals surface area contributed by atoms with Crippen LogP contribution < -0.4 is 15.8 Å². The molecule has 2 rings (SSSR count).